The molecule has 3 aromatic rings. The number of amides is 1. The van der Waals surface area contributed by atoms with Gasteiger partial charge in [0.25, 0.3) is 0 Å². The Morgan fingerprint density at radius 1 is 1.13 bits per heavy atom. The van der Waals surface area contributed by atoms with E-state index < -0.39 is 22.8 Å². The fraction of sp³-hybridized carbons (Fsp3) is 0.316. The van der Waals surface area contributed by atoms with E-state index in [0.29, 0.717) is 11.6 Å². The van der Waals surface area contributed by atoms with Crippen molar-refractivity contribution in [3.05, 3.63) is 63.5 Å². The van der Waals surface area contributed by atoms with Crippen molar-refractivity contribution in [2.24, 2.45) is 0 Å². The van der Waals surface area contributed by atoms with Crippen molar-refractivity contribution in [3.63, 3.8) is 0 Å². The van der Waals surface area contributed by atoms with Crippen molar-refractivity contribution >= 4 is 34.9 Å². The van der Waals surface area contributed by atoms with E-state index in [1.807, 2.05) is 12.1 Å². The number of hydrogen-bond donors (Lipinski definition) is 1. The summed E-state index contributed by atoms with van der Waals surface area (Å²) in [7, 11) is 0. The molecule has 0 aliphatic heterocycles. The highest BCUT2D eigenvalue weighted by Gasteiger charge is 2.42. The van der Waals surface area contributed by atoms with Crippen LogP contribution in [-0.2, 0) is 24.1 Å². The average Bonchev–Trinajstić information content (AvgIpc) is 3.31. The highest BCUT2D eigenvalue weighted by atomic mass is 35.5. The molecule has 1 aliphatic rings. The number of carbonyl (C=O) groups is 1. The smallest absolute Gasteiger partial charge is 0.308 e. The molecule has 0 unspecified atom stereocenters. The summed E-state index contributed by atoms with van der Waals surface area (Å²) in [5.74, 6) is -0.356. The Labute approximate surface area is 179 Å². The first-order valence-corrected chi connectivity index (χ1v) is 9.87. The maximum absolute atomic E-state index is 13.1. The molecule has 2 heterocycles. The third-order valence-electron chi connectivity index (χ3n) is 4.62. The Hall–Kier alpha value is -2.52. The fourth-order valence-corrected chi connectivity index (χ4v) is 3.64. The first-order chi connectivity index (χ1) is 14.2. The number of alkyl halides is 3. The molecule has 6 nitrogen and oxygen atoms in total. The van der Waals surface area contributed by atoms with Crippen LogP contribution >= 0.6 is 23.2 Å². The second-order valence-electron chi connectivity index (χ2n) is 7.05. The van der Waals surface area contributed by atoms with Crippen LogP contribution in [0.2, 0.25) is 10.0 Å². The van der Waals surface area contributed by atoms with Crippen molar-refractivity contribution in [2.75, 3.05) is 5.32 Å². The normalized spacial score (nSPS) is 14.2. The second-order valence-corrected chi connectivity index (χ2v) is 7.87. The van der Waals surface area contributed by atoms with Crippen LogP contribution in [-0.4, -0.2) is 25.5 Å². The van der Waals surface area contributed by atoms with E-state index in [1.54, 1.807) is 29.1 Å². The lowest BCUT2D eigenvalue weighted by molar-refractivity contribution is -0.141. The molecule has 1 saturated carbocycles. The largest absolute Gasteiger partial charge is 0.436 e. The van der Waals surface area contributed by atoms with Gasteiger partial charge in [-0.05, 0) is 30.5 Å². The van der Waals surface area contributed by atoms with Crippen molar-refractivity contribution in [3.8, 4) is 0 Å². The number of rotatable bonds is 6. The second kappa shape index (κ2) is 7.96. The number of anilines is 1. The Bertz CT molecular complexity index is 1070. The molecule has 0 bridgehead atoms. The lowest BCUT2D eigenvalue weighted by Gasteiger charge is -2.07. The minimum absolute atomic E-state index is 0.104. The fourth-order valence-electron chi connectivity index (χ4n) is 3.11. The van der Waals surface area contributed by atoms with E-state index in [-0.39, 0.29) is 24.0 Å². The van der Waals surface area contributed by atoms with Gasteiger partial charge in [-0.25, -0.2) is 0 Å². The lowest BCUT2D eigenvalue weighted by Crippen LogP contribution is -2.21. The Balaban J connectivity index is 1.44. The van der Waals surface area contributed by atoms with Gasteiger partial charge in [-0.3, -0.25) is 14.2 Å². The number of halogens is 5. The molecule has 0 radical (unpaired) electrons. The molecule has 30 heavy (non-hydrogen) atoms. The first kappa shape index (κ1) is 20.7. The quantitative estimate of drug-likeness (QED) is 0.568. The molecule has 2 aromatic heterocycles. The molecular weight excluding hydrogens is 442 g/mol. The van der Waals surface area contributed by atoms with E-state index >= 15 is 0 Å². The van der Waals surface area contributed by atoms with Gasteiger partial charge >= 0.3 is 6.18 Å². The summed E-state index contributed by atoms with van der Waals surface area (Å²) < 4.78 is 42.1. The Morgan fingerprint density at radius 3 is 2.47 bits per heavy atom. The molecule has 158 valence electrons. The molecular formula is C19H16Cl2F3N5O. The summed E-state index contributed by atoms with van der Waals surface area (Å²) in [4.78, 5) is 12.4. The maximum atomic E-state index is 13.1. The van der Waals surface area contributed by atoms with Gasteiger partial charge in [0, 0.05) is 23.2 Å². The highest BCUT2D eigenvalue weighted by molar-refractivity contribution is 6.32. The van der Waals surface area contributed by atoms with Crippen LogP contribution in [0.4, 0.5) is 19.0 Å². The zero-order valence-electron chi connectivity index (χ0n) is 15.5. The minimum atomic E-state index is -4.68. The SMILES string of the molecule is O=C(Cn1nc(C(F)(F)F)c(Cl)c1C1CC1)Nc1ccn(Cc2ccc(Cl)cc2)n1. The molecule has 1 aromatic carbocycles. The van der Waals surface area contributed by atoms with Gasteiger partial charge < -0.3 is 5.32 Å². The summed E-state index contributed by atoms with van der Waals surface area (Å²) in [6.07, 6.45) is -1.55. The molecule has 0 spiro atoms. The summed E-state index contributed by atoms with van der Waals surface area (Å²) in [6, 6.07) is 8.87. The van der Waals surface area contributed by atoms with Crippen LogP contribution in [0.3, 0.4) is 0 Å². The van der Waals surface area contributed by atoms with Crippen molar-refractivity contribution in [1.82, 2.24) is 19.6 Å². The number of carbonyl (C=O) groups excluding carboxylic acids is 1. The van der Waals surface area contributed by atoms with Gasteiger partial charge in [-0.1, -0.05) is 35.3 Å². The molecule has 0 atom stereocenters. The zero-order valence-corrected chi connectivity index (χ0v) is 17.0. The van der Waals surface area contributed by atoms with Crippen molar-refractivity contribution in [1.29, 1.82) is 0 Å². The number of nitrogens with one attached hydrogen (secondary N) is 1. The number of hydrogen-bond acceptors (Lipinski definition) is 3. The van der Waals surface area contributed by atoms with Gasteiger partial charge in [0.05, 0.1) is 17.3 Å². The predicted octanol–water partition coefficient (Wildman–Crippen LogP) is 4.97. The van der Waals surface area contributed by atoms with Gasteiger partial charge in [-0.15, -0.1) is 0 Å². The summed E-state index contributed by atoms with van der Waals surface area (Å²) in [6.45, 7) is 0.0915. The topological polar surface area (TPSA) is 64.7 Å². The van der Waals surface area contributed by atoms with Crippen LogP contribution in [0.25, 0.3) is 0 Å². The van der Waals surface area contributed by atoms with Crippen molar-refractivity contribution < 1.29 is 18.0 Å². The first-order valence-electron chi connectivity index (χ1n) is 9.12. The van der Waals surface area contributed by atoms with E-state index in [2.05, 4.69) is 15.5 Å². The third kappa shape index (κ3) is 4.62. The van der Waals surface area contributed by atoms with Gasteiger partial charge in [0.15, 0.2) is 11.5 Å². The monoisotopic (exact) mass is 457 g/mol. The molecule has 1 fully saturated rings. The van der Waals surface area contributed by atoms with Crippen LogP contribution in [0.1, 0.15) is 35.7 Å². The molecule has 0 saturated heterocycles. The number of nitrogens with zero attached hydrogens (tertiary/aromatic N) is 4. The molecule has 1 N–H and O–H groups in total. The van der Waals surface area contributed by atoms with Crippen LogP contribution in [0, 0.1) is 0 Å². The molecule has 11 heteroatoms. The van der Waals surface area contributed by atoms with Gasteiger partial charge in [0.2, 0.25) is 5.91 Å². The van der Waals surface area contributed by atoms with Crippen molar-refractivity contribution in [2.45, 2.75) is 38.0 Å². The maximum Gasteiger partial charge on any atom is 0.436 e. The van der Waals surface area contributed by atoms with Crippen LogP contribution in [0.15, 0.2) is 36.5 Å². The van der Waals surface area contributed by atoms with E-state index in [4.69, 9.17) is 23.2 Å². The highest BCUT2D eigenvalue weighted by Crippen LogP contribution is 2.46. The molecule has 1 amide bonds. The average molecular weight is 458 g/mol. The number of benzene rings is 1. The van der Waals surface area contributed by atoms with E-state index in [0.717, 1.165) is 23.1 Å². The van der Waals surface area contributed by atoms with Gasteiger partial charge in [-0.2, -0.15) is 23.4 Å². The standard InChI is InChI=1S/C19H16Cl2F3N5O/c20-13-5-1-11(2-6-13)9-28-8-7-14(26-28)25-15(30)10-29-17(12-3-4-12)16(21)18(27-29)19(22,23)24/h1-2,5-8,12H,3-4,9-10H2,(H,25,26,30). The van der Waals surface area contributed by atoms with E-state index in [9.17, 15) is 18.0 Å². The minimum Gasteiger partial charge on any atom is -0.308 e. The third-order valence-corrected chi connectivity index (χ3v) is 5.25. The lowest BCUT2D eigenvalue weighted by atomic mass is 10.2. The summed E-state index contributed by atoms with van der Waals surface area (Å²) in [5, 5.41) is 10.6. The summed E-state index contributed by atoms with van der Waals surface area (Å²) >= 11 is 11.8. The molecule has 4 rings (SSSR count). The predicted molar refractivity (Wildman–Crippen MR) is 106 cm³/mol. The number of aromatic nitrogens is 4. The Morgan fingerprint density at radius 2 is 1.83 bits per heavy atom. The van der Waals surface area contributed by atoms with Gasteiger partial charge in [0.1, 0.15) is 6.54 Å². The Kier molecular flexibility index (Phi) is 5.50. The molecule has 1 aliphatic carbocycles. The van der Waals surface area contributed by atoms with E-state index in [1.165, 1.54) is 0 Å². The van der Waals surface area contributed by atoms with Crippen LogP contribution < -0.4 is 5.32 Å². The van der Waals surface area contributed by atoms with Crippen LogP contribution in [0.5, 0.6) is 0 Å². The summed E-state index contributed by atoms with van der Waals surface area (Å²) in [5.41, 5.74) is 0.0684. The zero-order chi connectivity index (χ0) is 21.5.